The van der Waals surface area contributed by atoms with Gasteiger partial charge in [-0.1, -0.05) is 127 Å². The molecule has 1 aliphatic rings. The molecular formula is C56H36N2O3S. The van der Waals surface area contributed by atoms with Crippen LogP contribution in [0.25, 0.3) is 49.7 Å². The van der Waals surface area contributed by atoms with Gasteiger partial charge in [0, 0.05) is 27.6 Å². The highest BCUT2D eigenvalue weighted by Crippen LogP contribution is 2.56. The molecule has 5 nitrogen and oxygen atoms in total. The highest BCUT2D eigenvalue weighted by molar-refractivity contribution is 7.91. The summed E-state index contributed by atoms with van der Waals surface area (Å²) in [5.41, 5.74) is 10.7. The van der Waals surface area contributed by atoms with Crippen molar-refractivity contribution in [3.8, 4) is 45.5 Å². The summed E-state index contributed by atoms with van der Waals surface area (Å²) in [7, 11) is -3.75. The third-order valence-electron chi connectivity index (χ3n) is 12.2. The predicted octanol–water partition coefficient (Wildman–Crippen LogP) is 13.3. The number of sulfone groups is 1. The van der Waals surface area contributed by atoms with Crippen LogP contribution in [0.4, 0.5) is 0 Å². The Hall–Kier alpha value is -7.98. The molecule has 0 aliphatic carbocycles. The lowest BCUT2D eigenvalue weighted by molar-refractivity contribution is 0.435. The second kappa shape index (κ2) is 14.6. The number of benzene rings is 9. The topological polar surface area (TPSA) is 72.1 Å². The van der Waals surface area contributed by atoms with E-state index in [2.05, 4.69) is 114 Å². The molecule has 0 fully saturated rings. The Morgan fingerprint density at radius 1 is 0.452 bits per heavy atom. The zero-order valence-electron chi connectivity index (χ0n) is 33.3. The summed E-state index contributed by atoms with van der Waals surface area (Å²) in [4.78, 5) is 0.485. The van der Waals surface area contributed by atoms with Crippen molar-refractivity contribution >= 4 is 31.6 Å². The van der Waals surface area contributed by atoms with Gasteiger partial charge in [-0.25, -0.2) is 8.42 Å². The molecule has 0 radical (unpaired) electrons. The van der Waals surface area contributed by atoms with Gasteiger partial charge in [0.15, 0.2) is 0 Å². The summed E-state index contributed by atoms with van der Waals surface area (Å²) >= 11 is 0. The van der Waals surface area contributed by atoms with Crippen LogP contribution in [-0.4, -0.2) is 13.0 Å². The van der Waals surface area contributed by atoms with Crippen molar-refractivity contribution in [2.75, 3.05) is 0 Å². The van der Waals surface area contributed by atoms with Crippen molar-refractivity contribution in [2.45, 2.75) is 15.2 Å². The molecular weight excluding hydrogens is 781 g/mol. The van der Waals surface area contributed by atoms with Crippen molar-refractivity contribution in [2.24, 2.45) is 0 Å². The summed E-state index contributed by atoms with van der Waals surface area (Å²) in [5.74, 6) is 1.47. The standard InChI is InChI=1S/C56H36N2O3S/c57-37-38-24-28-52-48(32-38)49-34-40(25-29-53(49)58(52)45-19-9-3-10-20-45)42-27-31-55-51(36-42)56(43-15-5-1-6-16-43,44-17-7-2-8-18-44)50-35-41(26-30-54(50)61-55)39-14-13-23-47(33-39)62(59,60)46-21-11-4-12-22-46/h1-36H. The molecule has 0 atom stereocenters. The number of rotatable bonds is 7. The van der Waals surface area contributed by atoms with Gasteiger partial charge in [-0.3, -0.25) is 0 Å². The number of para-hydroxylation sites is 1. The molecule has 0 amide bonds. The van der Waals surface area contributed by atoms with Crippen LogP contribution in [-0.2, 0) is 15.3 Å². The number of fused-ring (bicyclic) bond motifs is 5. The van der Waals surface area contributed by atoms with Crippen LogP contribution in [0.15, 0.2) is 228 Å². The molecule has 1 aromatic heterocycles. The molecule has 62 heavy (non-hydrogen) atoms. The van der Waals surface area contributed by atoms with Gasteiger partial charge >= 0.3 is 0 Å². The van der Waals surface area contributed by atoms with Crippen molar-refractivity contribution in [3.05, 3.63) is 246 Å². The van der Waals surface area contributed by atoms with E-state index >= 15 is 0 Å². The second-order valence-electron chi connectivity index (χ2n) is 15.6. The highest BCUT2D eigenvalue weighted by Gasteiger charge is 2.45. The number of ether oxygens (including phenoxy) is 1. The highest BCUT2D eigenvalue weighted by atomic mass is 32.2. The fourth-order valence-electron chi connectivity index (χ4n) is 9.32. The number of aromatic nitrogens is 1. The fourth-order valence-corrected chi connectivity index (χ4v) is 10.6. The molecule has 11 rings (SSSR count). The Labute approximate surface area is 359 Å². The first-order valence-corrected chi connectivity index (χ1v) is 21.9. The average molecular weight is 817 g/mol. The Balaban J connectivity index is 1.13. The van der Waals surface area contributed by atoms with Gasteiger partial charge < -0.3 is 9.30 Å². The van der Waals surface area contributed by atoms with Gasteiger partial charge in [0.05, 0.1) is 37.9 Å². The van der Waals surface area contributed by atoms with Gasteiger partial charge in [0.25, 0.3) is 0 Å². The third kappa shape index (κ3) is 5.86. The lowest BCUT2D eigenvalue weighted by Gasteiger charge is -2.42. The normalized spacial score (nSPS) is 12.9. The summed E-state index contributed by atoms with van der Waals surface area (Å²) in [5, 5.41) is 12.0. The number of nitrogens with zero attached hydrogens (tertiary/aromatic N) is 2. The molecule has 10 aromatic rings. The van der Waals surface area contributed by atoms with E-state index < -0.39 is 15.3 Å². The lowest BCUT2D eigenvalue weighted by atomic mass is 9.63. The summed E-state index contributed by atoms with van der Waals surface area (Å²) in [6.07, 6.45) is 0. The van der Waals surface area contributed by atoms with Gasteiger partial charge in [0.1, 0.15) is 11.5 Å². The molecule has 0 spiro atoms. The minimum Gasteiger partial charge on any atom is -0.457 e. The summed E-state index contributed by atoms with van der Waals surface area (Å²) in [6.45, 7) is 0. The van der Waals surface area contributed by atoms with Crippen molar-refractivity contribution in [1.82, 2.24) is 4.57 Å². The molecule has 0 unspecified atom stereocenters. The molecule has 2 heterocycles. The van der Waals surface area contributed by atoms with Gasteiger partial charge in [0.2, 0.25) is 9.84 Å². The average Bonchev–Trinajstić information content (AvgIpc) is 3.67. The van der Waals surface area contributed by atoms with Crippen LogP contribution in [0.5, 0.6) is 11.5 Å². The Bertz CT molecular complexity index is 3460. The zero-order valence-corrected chi connectivity index (χ0v) is 34.1. The lowest BCUT2D eigenvalue weighted by Crippen LogP contribution is -2.34. The molecule has 0 N–H and O–H groups in total. The third-order valence-corrected chi connectivity index (χ3v) is 13.9. The maximum Gasteiger partial charge on any atom is 0.206 e. The van der Waals surface area contributed by atoms with Crippen molar-refractivity contribution in [1.29, 1.82) is 5.26 Å². The fraction of sp³-hybridized carbons (Fsp3) is 0.0179. The maximum atomic E-state index is 13.8. The second-order valence-corrected chi connectivity index (χ2v) is 17.5. The van der Waals surface area contributed by atoms with Crippen LogP contribution in [0.2, 0.25) is 0 Å². The van der Waals surface area contributed by atoms with E-state index in [1.807, 2.05) is 72.8 Å². The molecule has 6 heteroatoms. The molecule has 0 saturated heterocycles. The zero-order chi connectivity index (χ0) is 41.8. The molecule has 294 valence electrons. The molecule has 0 bridgehead atoms. The molecule has 9 aromatic carbocycles. The monoisotopic (exact) mass is 816 g/mol. The number of hydrogen-bond acceptors (Lipinski definition) is 4. The van der Waals surface area contributed by atoms with Crippen molar-refractivity contribution < 1.29 is 13.2 Å². The summed E-state index contributed by atoms with van der Waals surface area (Å²) < 4.78 is 36.7. The van der Waals surface area contributed by atoms with Gasteiger partial charge in [-0.05, 0) is 124 Å². The summed E-state index contributed by atoms with van der Waals surface area (Å²) in [6, 6.07) is 74.6. The maximum absolute atomic E-state index is 13.8. The minimum atomic E-state index is -3.75. The van der Waals surface area contributed by atoms with Gasteiger partial charge in [-0.2, -0.15) is 5.26 Å². The smallest absolute Gasteiger partial charge is 0.206 e. The van der Waals surface area contributed by atoms with E-state index in [0.29, 0.717) is 5.56 Å². The minimum absolute atomic E-state index is 0.232. The van der Waals surface area contributed by atoms with Crippen LogP contribution in [0, 0.1) is 11.3 Å². The van der Waals surface area contributed by atoms with E-state index in [1.54, 1.807) is 42.5 Å². The van der Waals surface area contributed by atoms with E-state index in [1.165, 1.54) is 0 Å². The van der Waals surface area contributed by atoms with Crippen LogP contribution >= 0.6 is 0 Å². The SMILES string of the molecule is N#Cc1ccc2c(c1)c1cc(-c3ccc4c(c3)C(c3ccccc3)(c3ccccc3)c3cc(-c5cccc(S(=O)(=O)c6ccccc6)c5)ccc3O4)ccc1n2-c1ccccc1. The van der Waals surface area contributed by atoms with Gasteiger partial charge in [-0.15, -0.1) is 0 Å². The predicted molar refractivity (Wildman–Crippen MR) is 247 cm³/mol. The van der Waals surface area contributed by atoms with Crippen molar-refractivity contribution in [3.63, 3.8) is 0 Å². The first-order valence-electron chi connectivity index (χ1n) is 20.5. The van der Waals surface area contributed by atoms with Crippen LogP contribution < -0.4 is 4.74 Å². The van der Waals surface area contributed by atoms with E-state index in [4.69, 9.17) is 4.74 Å². The first kappa shape index (κ1) is 37.1. The Morgan fingerprint density at radius 3 is 1.53 bits per heavy atom. The Kier molecular flexibility index (Phi) is 8.74. The Morgan fingerprint density at radius 2 is 0.935 bits per heavy atom. The number of hydrogen-bond donors (Lipinski definition) is 0. The largest absolute Gasteiger partial charge is 0.457 e. The molecule has 0 saturated carbocycles. The quantitative estimate of drug-likeness (QED) is 0.161. The first-order chi connectivity index (χ1) is 30.4. The molecule has 1 aliphatic heterocycles. The van der Waals surface area contributed by atoms with E-state index in [0.717, 1.165) is 83.5 Å². The van der Waals surface area contributed by atoms with E-state index in [-0.39, 0.29) is 9.79 Å². The number of nitriles is 1. The van der Waals surface area contributed by atoms with Crippen LogP contribution in [0.3, 0.4) is 0 Å². The van der Waals surface area contributed by atoms with E-state index in [9.17, 15) is 13.7 Å². The van der Waals surface area contributed by atoms with Crippen LogP contribution in [0.1, 0.15) is 27.8 Å².